The van der Waals surface area contributed by atoms with Crippen molar-refractivity contribution in [3.05, 3.63) is 36.0 Å². The van der Waals surface area contributed by atoms with Crippen molar-refractivity contribution in [3.63, 3.8) is 0 Å². The van der Waals surface area contributed by atoms with Crippen molar-refractivity contribution < 1.29 is 32.6 Å². The molecule has 32 heavy (non-hydrogen) atoms. The Balaban J connectivity index is 0.000000360. The molecule has 4 heterocycles. The predicted molar refractivity (Wildman–Crippen MR) is 105 cm³/mol. The van der Waals surface area contributed by atoms with Crippen molar-refractivity contribution >= 4 is 17.7 Å². The van der Waals surface area contributed by atoms with Gasteiger partial charge in [-0.05, 0) is 25.0 Å². The number of aryl methyl sites for hydroxylation is 1. The highest BCUT2D eigenvalue weighted by Gasteiger charge is 2.38. The number of ether oxygens (including phenoxy) is 1. The number of carbonyl (C=O) groups is 2. The number of alkyl halides is 3. The first-order valence-corrected chi connectivity index (χ1v) is 9.93. The summed E-state index contributed by atoms with van der Waals surface area (Å²) >= 11 is 0. The van der Waals surface area contributed by atoms with E-state index in [1.165, 1.54) is 12.8 Å². The zero-order valence-corrected chi connectivity index (χ0v) is 17.3. The van der Waals surface area contributed by atoms with E-state index in [1.54, 1.807) is 35.1 Å². The number of aliphatic carboxylic acids is 1. The summed E-state index contributed by atoms with van der Waals surface area (Å²) in [6.07, 6.45) is 0.841. The van der Waals surface area contributed by atoms with Gasteiger partial charge in [0.15, 0.2) is 5.82 Å². The number of rotatable bonds is 3. The summed E-state index contributed by atoms with van der Waals surface area (Å²) in [5, 5.41) is 11.4. The van der Waals surface area contributed by atoms with Crippen LogP contribution in [0.3, 0.4) is 0 Å². The molecule has 1 unspecified atom stereocenters. The first-order chi connectivity index (χ1) is 15.2. The molecule has 0 bridgehead atoms. The van der Waals surface area contributed by atoms with E-state index in [1.807, 2.05) is 6.07 Å². The maximum absolute atomic E-state index is 12.9. The topological polar surface area (TPSA) is 114 Å². The minimum Gasteiger partial charge on any atom is -0.475 e. The monoisotopic (exact) mass is 456 g/mol. The molecule has 2 aliphatic rings. The summed E-state index contributed by atoms with van der Waals surface area (Å²) in [6, 6.07) is 3.38. The number of carbonyl (C=O) groups excluding carboxylic acids is 1. The van der Waals surface area contributed by atoms with Crippen molar-refractivity contribution in [1.29, 1.82) is 0 Å². The summed E-state index contributed by atoms with van der Waals surface area (Å²) in [4.78, 5) is 35.0. The van der Waals surface area contributed by atoms with Gasteiger partial charge in [-0.15, -0.1) is 0 Å². The highest BCUT2D eigenvalue weighted by Crippen LogP contribution is 2.25. The molecule has 2 aromatic rings. The molecular formula is C19H23F3N6O4. The van der Waals surface area contributed by atoms with E-state index in [4.69, 9.17) is 19.6 Å². The Bertz CT molecular complexity index is 945. The van der Waals surface area contributed by atoms with Crippen molar-refractivity contribution in [2.45, 2.75) is 25.1 Å². The molecule has 0 saturated carbocycles. The van der Waals surface area contributed by atoms with Crippen LogP contribution in [0.15, 0.2) is 24.5 Å². The second kappa shape index (κ2) is 9.94. The second-order valence-corrected chi connectivity index (χ2v) is 7.23. The number of amides is 1. The van der Waals surface area contributed by atoms with E-state index < -0.39 is 12.1 Å². The summed E-state index contributed by atoms with van der Waals surface area (Å²) < 4.78 is 39.0. The maximum atomic E-state index is 12.9. The fraction of sp³-hybridized carbons (Fsp3) is 0.526. The average molecular weight is 456 g/mol. The molecule has 2 saturated heterocycles. The number of nitrogens with zero attached hydrogens (tertiary/aromatic N) is 6. The number of anilines is 1. The van der Waals surface area contributed by atoms with Crippen LogP contribution in [0.1, 0.15) is 35.2 Å². The molecule has 1 N–H and O–H groups in total. The van der Waals surface area contributed by atoms with Gasteiger partial charge in [-0.25, -0.2) is 14.8 Å². The van der Waals surface area contributed by atoms with E-state index in [9.17, 15) is 18.0 Å². The van der Waals surface area contributed by atoms with Crippen LogP contribution < -0.4 is 4.90 Å². The Kier molecular flexibility index (Phi) is 7.28. The predicted octanol–water partition coefficient (Wildman–Crippen LogP) is 1.66. The fourth-order valence-electron chi connectivity index (χ4n) is 3.38. The first-order valence-electron chi connectivity index (χ1n) is 9.93. The molecule has 2 fully saturated rings. The van der Waals surface area contributed by atoms with Crippen molar-refractivity contribution in [2.75, 3.05) is 37.7 Å². The molecule has 10 nitrogen and oxygen atoms in total. The Morgan fingerprint density at radius 1 is 1.19 bits per heavy atom. The molecule has 2 aromatic heterocycles. The molecule has 0 spiro atoms. The first kappa shape index (κ1) is 23.4. The summed E-state index contributed by atoms with van der Waals surface area (Å²) in [5.41, 5.74) is 0.435. The zero-order chi connectivity index (χ0) is 23.3. The van der Waals surface area contributed by atoms with Gasteiger partial charge < -0.3 is 19.6 Å². The van der Waals surface area contributed by atoms with Crippen molar-refractivity contribution in [3.8, 4) is 0 Å². The number of morpholine rings is 1. The van der Waals surface area contributed by atoms with E-state index in [2.05, 4.69) is 15.0 Å². The smallest absolute Gasteiger partial charge is 0.475 e. The van der Waals surface area contributed by atoms with Crippen LogP contribution >= 0.6 is 0 Å². The number of halogens is 3. The molecule has 2 aliphatic heterocycles. The standard InChI is InChI=1S/C17H22N6O2.C2HF3O2/c1-21-9-5-13(20-21)17(24)23-10-11-25-12-14(23)16-18-6-4-15(19-16)22-7-2-3-8-22;3-2(4,5)1(6)7/h4-6,9,14H,2-3,7-8,10-12H2,1H3;(H,6,7). The van der Waals surface area contributed by atoms with E-state index in [0.717, 1.165) is 18.9 Å². The van der Waals surface area contributed by atoms with Crippen LogP contribution in [0.2, 0.25) is 0 Å². The minimum atomic E-state index is -5.08. The zero-order valence-electron chi connectivity index (χ0n) is 17.3. The van der Waals surface area contributed by atoms with Crippen LogP contribution in [0, 0.1) is 0 Å². The van der Waals surface area contributed by atoms with Crippen LogP contribution in [0.4, 0.5) is 19.0 Å². The largest absolute Gasteiger partial charge is 0.490 e. The number of hydrogen-bond acceptors (Lipinski definition) is 7. The third-order valence-electron chi connectivity index (χ3n) is 4.95. The molecule has 0 aromatic carbocycles. The van der Waals surface area contributed by atoms with Crippen molar-refractivity contribution in [1.82, 2.24) is 24.6 Å². The molecule has 0 aliphatic carbocycles. The average Bonchev–Trinajstić information content (AvgIpc) is 3.45. The lowest BCUT2D eigenvalue weighted by Crippen LogP contribution is -2.44. The SMILES string of the molecule is Cn1ccc(C(=O)N2CCOCC2c2nccc(N3CCCC3)n2)n1.O=C(O)C(F)(F)F. The van der Waals surface area contributed by atoms with Gasteiger partial charge in [0.25, 0.3) is 5.91 Å². The maximum Gasteiger partial charge on any atom is 0.490 e. The summed E-state index contributed by atoms with van der Waals surface area (Å²) in [5.74, 6) is -1.30. The van der Waals surface area contributed by atoms with Gasteiger partial charge in [-0.2, -0.15) is 18.3 Å². The fourth-order valence-corrected chi connectivity index (χ4v) is 3.38. The third-order valence-corrected chi connectivity index (χ3v) is 4.95. The molecule has 4 rings (SSSR count). The third kappa shape index (κ3) is 5.72. The Hall–Kier alpha value is -3.22. The van der Waals surface area contributed by atoms with Crippen LogP contribution in [-0.4, -0.2) is 80.7 Å². The quantitative estimate of drug-likeness (QED) is 0.742. The molecule has 1 atom stereocenters. The van der Waals surface area contributed by atoms with E-state index in [-0.39, 0.29) is 11.9 Å². The molecular weight excluding hydrogens is 433 g/mol. The van der Waals surface area contributed by atoms with Gasteiger partial charge in [0.1, 0.15) is 17.6 Å². The summed E-state index contributed by atoms with van der Waals surface area (Å²) in [6.45, 7) is 3.47. The highest BCUT2D eigenvalue weighted by atomic mass is 19.4. The molecule has 174 valence electrons. The molecule has 1 amide bonds. The lowest BCUT2D eigenvalue weighted by Gasteiger charge is -2.34. The molecule has 13 heteroatoms. The number of aromatic nitrogens is 4. The molecule has 0 radical (unpaired) electrons. The lowest BCUT2D eigenvalue weighted by atomic mass is 10.2. The van der Waals surface area contributed by atoms with Gasteiger partial charge in [-0.3, -0.25) is 9.48 Å². The van der Waals surface area contributed by atoms with Gasteiger partial charge >= 0.3 is 12.1 Å². The number of hydrogen-bond donors (Lipinski definition) is 1. The van der Waals surface area contributed by atoms with Crippen LogP contribution in [0.5, 0.6) is 0 Å². The minimum absolute atomic E-state index is 0.107. The van der Waals surface area contributed by atoms with Crippen LogP contribution in [0.25, 0.3) is 0 Å². The van der Waals surface area contributed by atoms with Crippen LogP contribution in [-0.2, 0) is 16.6 Å². The van der Waals surface area contributed by atoms with Crippen molar-refractivity contribution in [2.24, 2.45) is 7.05 Å². The van der Waals surface area contributed by atoms with Gasteiger partial charge in [0.2, 0.25) is 0 Å². The van der Waals surface area contributed by atoms with E-state index >= 15 is 0 Å². The Labute approximate surface area is 181 Å². The Morgan fingerprint density at radius 2 is 1.88 bits per heavy atom. The highest BCUT2D eigenvalue weighted by molar-refractivity contribution is 5.92. The number of carboxylic acids is 1. The Morgan fingerprint density at radius 3 is 2.47 bits per heavy atom. The van der Waals surface area contributed by atoms with Gasteiger partial charge in [-0.1, -0.05) is 0 Å². The van der Waals surface area contributed by atoms with E-state index in [0.29, 0.717) is 31.3 Å². The van der Waals surface area contributed by atoms with Gasteiger partial charge in [0.05, 0.1) is 13.2 Å². The van der Waals surface area contributed by atoms with Gasteiger partial charge in [0, 0.05) is 39.1 Å². The normalized spacial score (nSPS) is 18.8. The number of carboxylic acid groups (broad SMARTS) is 1. The lowest BCUT2D eigenvalue weighted by molar-refractivity contribution is -0.192. The second-order valence-electron chi connectivity index (χ2n) is 7.23. The summed E-state index contributed by atoms with van der Waals surface area (Å²) in [7, 11) is 1.80.